The second kappa shape index (κ2) is 9.01. The van der Waals surface area contributed by atoms with Gasteiger partial charge in [-0.05, 0) is 61.8 Å². The Bertz CT molecular complexity index is 928. The molecule has 0 radical (unpaired) electrons. The van der Waals surface area contributed by atoms with Gasteiger partial charge in [-0.1, -0.05) is 54.1 Å². The van der Waals surface area contributed by atoms with E-state index in [1.807, 2.05) is 54.6 Å². The minimum atomic E-state index is -0.569. The minimum Gasteiger partial charge on any atom is -0.446 e. The summed E-state index contributed by atoms with van der Waals surface area (Å²) in [5.74, 6) is 0.0287. The van der Waals surface area contributed by atoms with Crippen molar-refractivity contribution in [1.29, 1.82) is 0 Å². The van der Waals surface area contributed by atoms with Gasteiger partial charge in [0.05, 0.1) is 5.60 Å². The summed E-state index contributed by atoms with van der Waals surface area (Å²) in [6.07, 6.45) is 1.39. The van der Waals surface area contributed by atoms with Crippen LogP contribution in [0.5, 0.6) is 0 Å². The molecule has 5 nitrogen and oxygen atoms in total. The zero-order valence-electron chi connectivity index (χ0n) is 17.9. The van der Waals surface area contributed by atoms with Crippen LogP contribution in [0.1, 0.15) is 56.2 Å². The van der Waals surface area contributed by atoms with Gasteiger partial charge in [0.1, 0.15) is 12.6 Å². The van der Waals surface area contributed by atoms with Gasteiger partial charge < -0.3 is 9.47 Å². The highest BCUT2D eigenvalue weighted by atomic mass is 35.5. The van der Waals surface area contributed by atoms with E-state index in [1.54, 1.807) is 0 Å². The van der Waals surface area contributed by atoms with Crippen LogP contribution in [0.2, 0.25) is 5.02 Å². The summed E-state index contributed by atoms with van der Waals surface area (Å²) in [6, 6.07) is 16.9. The smallest absolute Gasteiger partial charge is 0.417 e. The molecule has 2 amide bonds. The average Bonchev–Trinajstić information content (AvgIpc) is 3.14. The van der Waals surface area contributed by atoms with E-state index in [0.29, 0.717) is 11.6 Å². The largest absolute Gasteiger partial charge is 0.446 e. The van der Waals surface area contributed by atoms with Crippen molar-refractivity contribution >= 4 is 23.6 Å². The first-order valence-electron chi connectivity index (χ1n) is 10.8. The number of carbonyl (C=O) groups excluding carboxylic acids is 2. The number of cyclic esters (lactones) is 1. The molecule has 2 aliphatic heterocycles. The van der Waals surface area contributed by atoms with Crippen molar-refractivity contribution in [2.75, 3.05) is 13.2 Å². The normalized spacial score (nSPS) is 24.0. The lowest BCUT2D eigenvalue weighted by Crippen LogP contribution is -2.39. The minimum absolute atomic E-state index is 0.0298. The van der Waals surface area contributed by atoms with Gasteiger partial charge in [-0.25, -0.2) is 9.69 Å². The molecule has 2 heterocycles. The molecule has 3 atom stereocenters. The number of imide groups is 1. The van der Waals surface area contributed by atoms with Crippen LogP contribution in [-0.2, 0) is 14.3 Å². The number of hydrogen-bond acceptors (Lipinski definition) is 4. The van der Waals surface area contributed by atoms with Crippen LogP contribution >= 0.6 is 11.6 Å². The van der Waals surface area contributed by atoms with Crippen LogP contribution in [0.25, 0.3) is 0 Å². The van der Waals surface area contributed by atoms with Crippen LogP contribution < -0.4 is 0 Å². The maximum atomic E-state index is 13.5. The van der Waals surface area contributed by atoms with Crippen molar-refractivity contribution in [2.45, 2.75) is 50.7 Å². The maximum Gasteiger partial charge on any atom is 0.417 e. The molecule has 1 unspecified atom stereocenters. The maximum absolute atomic E-state index is 13.5. The van der Waals surface area contributed by atoms with Crippen LogP contribution in [0.15, 0.2) is 54.6 Å². The second-order valence-corrected chi connectivity index (χ2v) is 9.43. The molecule has 31 heavy (non-hydrogen) atoms. The van der Waals surface area contributed by atoms with Crippen LogP contribution in [0.4, 0.5) is 4.79 Å². The van der Waals surface area contributed by atoms with Crippen molar-refractivity contribution in [1.82, 2.24) is 4.90 Å². The van der Waals surface area contributed by atoms with Gasteiger partial charge in [-0.15, -0.1) is 0 Å². The van der Waals surface area contributed by atoms with Crippen molar-refractivity contribution < 1.29 is 19.1 Å². The molecule has 0 aromatic heterocycles. The zero-order chi connectivity index (χ0) is 22.0. The van der Waals surface area contributed by atoms with E-state index in [4.69, 9.17) is 21.1 Å². The van der Waals surface area contributed by atoms with Crippen LogP contribution in [-0.4, -0.2) is 35.7 Å². The summed E-state index contributed by atoms with van der Waals surface area (Å²) >= 11 is 6.11. The van der Waals surface area contributed by atoms with Gasteiger partial charge in [0.25, 0.3) is 0 Å². The Morgan fingerprint density at radius 2 is 1.87 bits per heavy atom. The summed E-state index contributed by atoms with van der Waals surface area (Å²) < 4.78 is 11.2. The second-order valence-electron chi connectivity index (χ2n) is 8.99. The fourth-order valence-electron chi connectivity index (χ4n) is 4.79. The van der Waals surface area contributed by atoms with Gasteiger partial charge >= 0.3 is 6.09 Å². The Balaban J connectivity index is 1.60. The molecule has 4 rings (SSSR count). The van der Waals surface area contributed by atoms with E-state index >= 15 is 0 Å². The number of rotatable bonds is 5. The van der Waals surface area contributed by atoms with Crippen molar-refractivity contribution in [3.8, 4) is 0 Å². The summed E-state index contributed by atoms with van der Waals surface area (Å²) in [5.41, 5.74) is 1.72. The lowest BCUT2D eigenvalue weighted by atomic mass is 9.75. The number of hydrogen-bond donors (Lipinski definition) is 0. The third-order valence-electron chi connectivity index (χ3n) is 6.32. The number of ether oxygens (including phenoxy) is 2. The molecule has 0 saturated carbocycles. The molecule has 2 saturated heterocycles. The monoisotopic (exact) mass is 441 g/mol. The number of benzene rings is 2. The predicted octanol–water partition coefficient (Wildman–Crippen LogP) is 5.74. The lowest BCUT2D eigenvalue weighted by molar-refractivity contribution is -0.131. The molecule has 0 bridgehead atoms. The fraction of sp³-hybridized carbons (Fsp3) is 0.440. The quantitative estimate of drug-likeness (QED) is 0.593. The SMILES string of the molecule is CC1(C)CC([C@@H](CC(=O)N2C(=O)OC[C@H]2c2ccccc2)c2ccc(Cl)cc2)CCO1. The molecular formula is C25H28ClNO4. The molecule has 2 fully saturated rings. The lowest BCUT2D eigenvalue weighted by Gasteiger charge is -2.39. The Labute approximate surface area is 188 Å². The molecule has 0 N–H and O–H groups in total. The molecule has 0 aliphatic carbocycles. The van der Waals surface area contributed by atoms with E-state index in [2.05, 4.69) is 13.8 Å². The first kappa shape index (κ1) is 21.8. The number of nitrogens with zero attached hydrogens (tertiary/aromatic N) is 1. The van der Waals surface area contributed by atoms with Crippen LogP contribution in [0.3, 0.4) is 0 Å². The van der Waals surface area contributed by atoms with E-state index in [-0.39, 0.29) is 36.4 Å². The summed E-state index contributed by atoms with van der Waals surface area (Å²) in [4.78, 5) is 27.2. The standard InChI is InChI=1S/C25H28ClNO4/c1-25(2)15-19(12-13-31-25)21(17-8-10-20(26)11-9-17)14-23(28)27-22(16-30-24(27)29)18-6-4-3-5-7-18/h3-11,19,21-22H,12-16H2,1-2H3/t19?,21-,22-/m0/s1. The molecule has 2 aromatic rings. The molecule has 2 aliphatic rings. The van der Waals surface area contributed by atoms with Crippen molar-refractivity contribution in [3.05, 3.63) is 70.7 Å². The fourth-order valence-corrected chi connectivity index (χ4v) is 4.92. The highest BCUT2D eigenvalue weighted by Gasteiger charge is 2.41. The van der Waals surface area contributed by atoms with E-state index in [0.717, 1.165) is 24.0 Å². The molecule has 6 heteroatoms. The van der Waals surface area contributed by atoms with Gasteiger partial charge in [-0.2, -0.15) is 0 Å². The third-order valence-corrected chi connectivity index (χ3v) is 6.58. The Morgan fingerprint density at radius 1 is 1.16 bits per heavy atom. The summed E-state index contributed by atoms with van der Waals surface area (Å²) in [5, 5.41) is 0.661. The highest BCUT2D eigenvalue weighted by Crippen LogP contribution is 2.41. The summed E-state index contributed by atoms with van der Waals surface area (Å²) in [6.45, 7) is 5.02. The Hall–Kier alpha value is -2.37. The molecular weight excluding hydrogens is 414 g/mol. The van der Waals surface area contributed by atoms with Gasteiger partial charge in [0.15, 0.2) is 0 Å². The summed E-state index contributed by atoms with van der Waals surface area (Å²) in [7, 11) is 0. The van der Waals surface area contributed by atoms with Gasteiger partial charge in [0.2, 0.25) is 5.91 Å². The first-order valence-corrected chi connectivity index (χ1v) is 11.1. The number of amides is 2. The zero-order valence-corrected chi connectivity index (χ0v) is 18.7. The number of carbonyl (C=O) groups is 2. The van der Waals surface area contributed by atoms with Crippen LogP contribution in [0, 0.1) is 5.92 Å². The molecule has 164 valence electrons. The van der Waals surface area contributed by atoms with E-state index in [1.165, 1.54) is 4.90 Å². The molecule has 2 aromatic carbocycles. The average molecular weight is 442 g/mol. The van der Waals surface area contributed by atoms with E-state index in [9.17, 15) is 9.59 Å². The van der Waals surface area contributed by atoms with E-state index < -0.39 is 12.1 Å². The molecule has 0 spiro atoms. The topological polar surface area (TPSA) is 55.8 Å². The highest BCUT2D eigenvalue weighted by molar-refractivity contribution is 6.30. The Kier molecular flexibility index (Phi) is 6.35. The predicted molar refractivity (Wildman–Crippen MR) is 119 cm³/mol. The van der Waals surface area contributed by atoms with Crippen molar-refractivity contribution in [2.24, 2.45) is 5.92 Å². The van der Waals surface area contributed by atoms with Crippen molar-refractivity contribution in [3.63, 3.8) is 0 Å². The van der Waals surface area contributed by atoms with Gasteiger partial charge in [0, 0.05) is 18.1 Å². The van der Waals surface area contributed by atoms with Gasteiger partial charge in [-0.3, -0.25) is 4.79 Å². The third kappa shape index (κ3) is 4.94. The first-order chi connectivity index (χ1) is 14.8. The number of halogens is 1. The Morgan fingerprint density at radius 3 is 2.55 bits per heavy atom.